The highest BCUT2D eigenvalue weighted by molar-refractivity contribution is 7.10. The van der Waals surface area contributed by atoms with Crippen LogP contribution in [0.2, 0.25) is 0 Å². The van der Waals surface area contributed by atoms with Gasteiger partial charge in [0.05, 0.1) is 33.5 Å². The van der Waals surface area contributed by atoms with E-state index in [2.05, 4.69) is 11.4 Å². The van der Waals surface area contributed by atoms with Crippen molar-refractivity contribution in [3.8, 4) is 17.2 Å². The van der Waals surface area contributed by atoms with Gasteiger partial charge in [-0.05, 0) is 48.4 Å². The van der Waals surface area contributed by atoms with Crippen molar-refractivity contribution in [1.82, 2.24) is 5.32 Å². The molecule has 0 bridgehead atoms. The topological polar surface area (TPSA) is 83.1 Å². The molecule has 4 rings (SSSR count). The standard InChI is InChI=1S/C28H33NO6S/c1-15(2)14-35-28(31)24-16(3)29-19-10-17(23-8-7-9-36-23)11-20(30)26(19)25(24)18-12-21(32-4)27(34-6)22(13-18)33-5/h7-9,12-13,15,17,25,29H,10-11,14H2,1-6H3/t17-,25-/m1/s1. The molecule has 192 valence electrons. The minimum atomic E-state index is -0.619. The van der Waals surface area contributed by atoms with Crippen LogP contribution < -0.4 is 19.5 Å². The molecule has 0 radical (unpaired) electrons. The van der Waals surface area contributed by atoms with Gasteiger partial charge in [-0.2, -0.15) is 0 Å². The first-order chi connectivity index (χ1) is 17.3. The van der Waals surface area contributed by atoms with Gasteiger partial charge in [0, 0.05) is 40.1 Å². The maximum absolute atomic E-state index is 13.7. The van der Waals surface area contributed by atoms with Crippen molar-refractivity contribution < 1.29 is 28.5 Å². The molecule has 0 spiro atoms. The van der Waals surface area contributed by atoms with Crippen LogP contribution >= 0.6 is 11.3 Å². The number of Topliss-reactive ketones (excluding diaryl/α,β-unsaturated/α-hetero) is 1. The molecule has 1 aromatic heterocycles. The Bertz CT molecular complexity index is 1190. The van der Waals surface area contributed by atoms with Crippen LogP contribution in [0, 0.1) is 5.92 Å². The molecule has 0 fully saturated rings. The molecule has 2 heterocycles. The van der Waals surface area contributed by atoms with Crippen molar-refractivity contribution >= 4 is 23.1 Å². The SMILES string of the molecule is COc1cc([C@@H]2C(C(=O)OCC(C)C)=C(C)NC3=C2C(=O)C[C@H](c2cccs2)C3)cc(OC)c1OC. The van der Waals surface area contributed by atoms with Gasteiger partial charge in [0.15, 0.2) is 17.3 Å². The third-order valence-electron chi connectivity index (χ3n) is 6.56. The Hall–Kier alpha value is -3.26. The number of rotatable bonds is 8. The first kappa shape index (κ1) is 25.8. The van der Waals surface area contributed by atoms with E-state index in [1.165, 1.54) is 4.88 Å². The van der Waals surface area contributed by atoms with Crippen LogP contribution in [-0.4, -0.2) is 39.7 Å². The summed E-state index contributed by atoms with van der Waals surface area (Å²) >= 11 is 1.66. The number of nitrogens with one attached hydrogen (secondary N) is 1. The number of esters is 1. The number of ketones is 1. The molecule has 1 aliphatic carbocycles. The number of thiophene rings is 1. The van der Waals surface area contributed by atoms with Crippen molar-refractivity contribution in [2.24, 2.45) is 5.92 Å². The molecule has 0 amide bonds. The predicted octanol–water partition coefficient (Wildman–Crippen LogP) is 5.33. The number of ether oxygens (including phenoxy) is 4. The fraction of sp³-hybridized carbons (Fsp3) is 0.429. The monoisotopic (exact) mass is 511 g/mol. The van der Waals surface area contributed by atoms with Crippen molar-refractivity contribution in [3.05, 3.63) is 62.6 Å². The van der Waals surface area contributed by atoms with E-state index in [0.29, 0.717) is 52.5 Å². The fourth-order valence-corrected chi connectivity index (χ4v) is 5.79. The maximum Gasteiger partial charge on any atom is 0.336 e. The van der Waals surface area contributed by atoms with E-state index < -0.39 is 11.9 Å². The number of dihydropyridines is 1. The number of hydrogen-bond acceptors (Lipinski definition) is 8. The van der Waals surface area contributed by atoms with Crippen LogP contribution in [-0.2, 0) is 14.3 Å². The van der Waals surface area contributed by atoms with E-state index in [-0.39, 0.29) is 24.2 Å². The zero-order valence-electron chi connectivity index (χ0n) is 21.6. The van der Waals surface area contributed by atoms with Crippen molar-refractivity contribution in [3.63, 3.8) is 0 Å². The van der Waals surface area contributed by atoms with Gasteiger partial charge in [0.2, 0.25) is 5.75 Å². The maximum atomic E-state index is 13.7. The average Bonchev–Trinajstić information content (AvgIpc) is 3.40. The molecule has 1 aliphatic heterocycles. The molecule has 8 heteroatoms. The molecule has 0 unspecified atom stereocenters. The lowest BCUT2D eigenvalue weighted by molar-refractivity contribution is -0.140. The smallest absolute Gasteiger partial charge is 0.336 e. The molecule has 7 nitrogen and oxygen atoms in total. The number of allylic oxidation sites excluding steroid dienone is 3. The number of carbonyl (C=O) groups excluding carboxylic acids is 2. The highest BCUT2D eigenvalue weighted by atomic mass is 32.1. The Morgan fingerprint density at radius 2 is 1.81 bits per heavy atom. The summed E-state index contributed by atoms with van der Waals surface area (Å²) in [6, 6.07) is 7.70. The Morgan fingerprint density at radius 1 is 1.11 bits per heavy atom. The van der Waals surface area contributed by atoms with Crippen LogP contribution in [0.4, 0.5) is 0 Å². The van der Waals surface area contributed by atoms with Gasteiger partial charge in [0.1, 0.15) is 0 Å². The van der Waals surface area contributed by atoms with Crippen LogP contribution in [0.5, 0.6) is 17.2 Å². The summed E-state index contributed by atoms with van der Waals surface area (Å²) in [6.07, 6.45) is 1.07. The molecular weight excluding hydrogens is 478 g/mol. The molecule has 2 aliphatic rings. The Kier molecular flexibility index (Phi) is 7.73. The Labute approximate surface area is 216 Å². The third-order valence-corrected chi connectivity index (χ3v) is 7.60. The Balaban J connectivity index is 1.86. The molecule has 1 N–H and O–H groups in total. The molecule has 1 aromatic carbocycles. The molecule has 2 aromatic rings. The third kappa shape index (κ3) is 4.87. The summed E-state index contributed by atoms with van der Waals surface area (Å²) in [4.78, 5) is 28.3. The van der Waals surface area contributed by atoms with E-state index in [1.807, 2.05) is 44.4 Å². The zero-order valence-corrected chi connectivity index (χ0v) is 22.4. The summed E-state index contributed by atoms with van der Waals surface area (Å²) in [5.74, 6) is 0.611. The van der Waals surface area contributed by atoms with Crippen LogP contribution in [0.1, 0.15) is 55.9 Å². The van der Waals surface area contributed by atoms with E-state index in [4.69, 9.17) is 18.9 Å². The highest BCUT2D eigenvalue weighted by Gasteiger charge is 2.42. The quantitative estimate of drug-likeness (QED) is 0.479. The summed E-state index contributed by atoms with van der Waals surface area (Å²) in [7, 11) is 4.63. The summed E-state index contributed by atoms with van der Waals surface area (Å²) in [6.45, 7) is 6.12. The van der Waals surface area contributed by atoms with Crippen molar-refractivity contribution in [2.75, 3.05) is 27.9 Å². The number of benzene rings is 1. The van der Waals surface area contributed by atoms with Gasteiger partial charge >= 0.3 is 5.97 Å². The summed E-state index contributed by atoms with van der Waals surface area (Å²) in [5, 5.41) is 5.43. The van der Waals surface area contributed by atoms with Gasteiger partial charge in [-0.1, -0.05) is 19.9 Å². The second kappa shape index (κ2) is 10.8. The second-order valence-corrected chi connectivity index (χ2v) is 10.5. The lowest BCUT2D eigenvalue weighted by Crippen LogP contribution is -2.36. The summed E-state index contributed by atoms with van der Waals surface area (Å²) in [5.41, 5.74) is 3.25. The molecular formula is C28H33NO6S. The molecule has 0 saturated carbocycles. The first-order valence-electron chi connectivity index (χ1n) is 12.0. The average molecular weight is 512 g/mol. The van der Waals surface area contributed by atoms with Gasteiger partial charge in [-0.15, -0.1) is 11.3 Å². The lowest BCUT2D eigenvalue weighted by Gasteiger charge is -2.36. The van der Waals surface area contributed by atoms with Crippen LogP contribution in [0.15, 0.2) is 52.2 Å². The first-order valence-corrected chi connectivity index (χ1v) is 12.9. The number of hydrogen-bond donors (Lipinski definition) is 1. The predicted molar refractivity (Wildman–Crippen MR) is 139 cm³/mol. The van der Waals surface area contributed by atoms with Gasteiger partial charge in [0.25, 0.3) is 0 Å². The van der Waals surface area contributed by atoms with E-state index in [1.54, 1.807) is 32.7 Å². The van der Waals surface area contributed by atoms with E-state index in [9.17, 15) is 9.59 Å². The Morgan fingerprint density at radius 3 is 2.36 bits per heavy atom. The second-order valence-electron chi connectivity index (χ2n) is 9.48. The van der Waals surface area contributed by atoms with Crippen molar-refractivity contribution in [1.29, 1.82) is 0 Å². The molecule has 36 heavy (non-hydrogen) atoms. The summed E-state index contributed by atoms with van der Waals surface area (Å²) < 4.78 is 22.3. The highest BCUT2D eigenvalue weighted by Crippen LogP contribution is 2.49. The van der Waals surface area contributed by atoms with Gasteiger partial charge < -0.3 is 24.3 Å². The lowest BCUT2D eigenvalue weighted by atomic mass is 9.72. The van der Waals surface area contributed by atoms with Crippen LogP contribution in [0.25, 0.3) is 0 Å². The number of methoxy groups -OCH3 is 3. The minimum Gasteiger partial charge on any atom is -0.493 e. The minimum absolute atomic E-state index is 0.0163. The van der Waals surface area contributed by atoms with Crippen molar-refractivity contribution in [2.45, 2.75) is 45.4 Å². The van der Waals surface area contributed by atoms with Gasteiger partial charge in [-0.3, -0.25) is 4.79 Å². The van der Waals surface area contributed by atoms with Crippen LogP contribution in [0.3, 0.4) is 0 Å². The van der Waals surface area contributed by atoms with Gasteiger partial charge in [-0.25, -0.2) is 4.79 Å². The van der Waals surface area contributed by atoms with E-state index in [0.717, 1.165) is 5.70 Å². The molecule has 0 saturated heterocycles. The van der Waals surface area contributed by atoms with E-state index >= 15 is 0 Å². The zero-order chi connectivity index (χ0) is 26.0. The number of carbonyl (C=O) groups is 2. The molecule has 2 atom stereocenters. The largest absolute Gasteiger partial charge is 0.493 e. The normalized spacial score (nSPS) is 19.7. The fourth-order valence-electron chi connectivity index (χ4n) is 4.96.